The number of rotatable bonds is 6. The highest BCUT2D eigenvalue weighted by atomic mass is 19.1. The van der Waals surface area contributed by atoms with Gasteiger partial charge in [0.15, 0.2) is 23.0 Å². The normalized spacial score (nSPS) is 15.4. The monoisotopic (exact) mass is 460 g/mol. The molecule has 1 fully saturated rings. The molecule has 1 aliphatic rings. The average Bonchev–Trinajstić information content (AvgIpc) is 3.51. The van der Waals surface area contributed by atoms with Gasteiger partial charge in [0.25, 0.3) is 0 Å². The quantitative estimate of drug-likeness (QED) is 0.448. The summed E-state index contributed by atoms with van der Waals surface area (Å²) in [6.07, 6.45) is 4.47. The maximum absolute atomic E-state index is 14.6. The van der Waals surface area contributed by atoms with E-state index in [1.165, 1.54) is 25.3 Å². The minimum Gasteiger partial charge on any atom is -0.494 e. The van der Waals surface area contributed by atoms with Gasteiger partial charge in [-0.25, -0.2) is 18.7 Å². The first kappa shape index (κ1) is 21.8. The van der Waals surface area contributed by atoms with E-state index >= 15 is 0 Å². The van der Waals surface area contributed by atoms with Gasteiger partial charge in [0.05, 0.1) is 24.1 Å². The van der Waals surface area contributed by atoms with Crippen molar-refractivity contribution < 1.29 is 13.5 Å². The van der Waals surface area contributed by atoms with Crippen LogP contribution in [-0.4, -0.2) is 41.1 Å². The predicted octanol–water partition coefficient (Wildman–Crippen LogP) is 4.24. The number of nitrogens with zero attached hydrogens (tertiary/aromatic N) is 4. The van der Waals surface area contributed by atoms with Crippen molar-refractivity contribution in [2.24, 2.45) is 5.92 Å². The fourth-order valence-electron chi connectivity index (χ4n) is 4.28. The van der Waals surface area contributed by atoms with E-state index in [9.17, 15) is 8.78 Å². The summed E-state index contributed by atoms with van der Waals surface area (Å²) >= 11 is 0. The van der Waals surface area contributed by atoms with Crippen LogP contribution in [0.15, 0.2) is 48.8 Å². The largest absolute Gasteiger partial charge is 0.494 e. The number of benzene rings is 2. The zero-order chi connectivity index (χ0) is 23.7. The van der Waals surface area contributed by atoms with Gasteiger partial charge in [-0.15, -0.1) is 0 Å². The lowest BCUT2D eigenvalue weighted by Gasteiger charge is -2.11. The van der Waals surface area contributed by atoms with Crippen molar-refractivity contribution in [1.29, 1.82) is 5.26 Å². The van der Waals surface area contributed by atoms with Crippen molar-refractivity contribution in [2.75, 3.05) is 32.1 Å². The van der Waals surface area contributed by atoms with Crippen LogP contribution in [0, 0.1) is 28.9 Å². The predicted molar refractivity (Wildman–Crippen MR) is 125 cm³/mol. The summed E-state index contributed by atoms with van der Waals surface area (Å²) in [7, 11) is 1.40. The van der Waals surface area contributed by atoms with E-state index in [1.54, 1.807) is 30.6 Å². The third kappa shape index (κ3) is 3.93. The lowest BCUT2D eigenvalue weighted by Crippen LogP contribution is -2.18. The molecule has 3 heterocycles. The molecular formula is C25H22F2N6O. The third-order valence-corrected chi connectivity index (χ3v) is 6.05. The first-order valence-corrected chi connectivity index (χ1v) is 10.9. The van der Waals surface area contributed by atoms with Crippen molar-refractivity contribution in [3.63, 3.8) is 0 Å². The maximum Gasteiger partial charge on any atom is 0.181 e. The van der Waals surface area contributed by atoms with Crippen molar-refractivity contribution >= 4 is 11.5 Å². The summed E-state index contributed by atoms with van der Waals surface area (Å²) < 4.78 is 36.0. The van der Waals surface area contributed by atoms with Gasteiger partial charge in [-0.3, -0.25) is 4.40 Å². The highest BCUT2D eigenvalue weighted by molar-refractivity contribution is 5.85. The fraction of sp³-hybridized carbons (Fsp3) is 0.240. The molecule has 0 spiro atoms. The molecule has 2 N–H and O–H groups in total. The Morgan fingerprint density at radius 2 is 2.03 bits per heavy atom. The summed E-state index contributed by atoms with van der Waals surface area (Å²) in [6.45, 7) is 2.67. The van der Waals surface area contributed by atoms with E-state index < -0.39 is 11.6 Å². The lowest BCUT2D eigenvalue weighted by molar-refractivity contribution is 0.386. The number of hydrogen-bond donors (Lipinski definition) is 2. The van der Waals surface area contributed by atoms with Gasteiger partial charge in [-0.05, 0) is 55.8 Å². The molecule has 1 atom stereocenters. The molecule has 4 aromatic rings. The van der Waals surface area contributed by atoms with Crippen LogP contribution >= 0.6 is 0 Å². The van der Waals surface area contributed by atoms with E-state index in [0.29, 0.717) is 39.9 Å². The van der Waals surface area contributed by atoms with Gasteiger partial charge >= 0.3 is 0 Å². The van der Waals surface area contributed by atoms with Crippen LogP contribution in [0.3, 0.4) is 0 Å². The summed E-state index contributed by atoms with van der Waals surface area (Å²) in [5, 5.41) is 15.8. The molecule has 2 aromatic heterocycles. The summed E-state index contributed by atoms with van der Waals surface area (Å²) in [5.74, 6) is 0.0316. The standard InChI is InChI=1S/C25H22F2N6O/c1-34-21-5-4-17(11-20(21)27)23-22(16-2-3-18(12-28)19(26)10-16)32-25-24(30-8-9-33(23)25)31-14-15-6-7-29-13-15/h2-5,8-11,15,29H,6-7,13-14H2,1H3,(H,30,31). The molecule has 2 aromatic carbocycles. The van der Waals surface area contributed by atoms with E-state index in [4.69, 9.17) is 15.0 Å². The number of imidazole rings is 1. The fourth-order valence-corrected chi connectivity index (χ4v) is 4.28. The van der Waals surface area contributed by atoms with Gasteiger partial charge in [0.1, 0.15) is 11.9 Å². The second-order valence-electron chi connectivity index (χ2n) is 8.17. The van der Waals surface area contributed by atoms with Crippen molar-refractivity contribution in [3.05, 3.63) is 66.0 Å². The molecule has 0 saturated carbocycles. The molecule has 1 unspecified atom stereocenters. The SMILES string of the molecule is COc1ccc(-c2c(-c3ccc(C#N)c(F)c3)nc3c(NCC4CCNC4)nccn23)cc1F. The molecule has 9 heteroatoms. The van der Waals surface area contributed by atoms with Crippen LogP contribution in [0.4, 0.5) is 14.6 Å². The zero-order valence-electron chi connectivity index (χ0n) is 18.5. The van der Waals surface area contributed by atoms with Crippen LogP contribution < -0.4 is 15.4 Å². The number of hydrogen-bond acceptors (Lipinski definition) is 6. The van der Waals surface area contributed by atoms with Crippen LogP contribution in [-0.2, 0) is 0 Å². The Bertz CT molecular complexity index is 1400. The van der Waals surface area contributed by atoms with Gasteiger partial charge in [-0.2, -0.15) is 5.26 Å². The molecule has 0 aliphatic carbocycles. The highest BCUT2D eigenvalue weighted by Crippen LogP contribution is 2.36. The number of aromatic nitrogens is 3. The molecule has 1 saturated heterocycles. The van der Waals surface area contributed by atoms with Crippen molar-refractivity contribution in [3.8, 4) is 34.3 Å². The topological polar surface area (TPSA) is 87.3 Å². The maximum atomic E-state index is 14.6. The Balaban J connectivity index is 1.68. The molecule has 1 aliphatic heterocycles. The van der Waals surface area contributed by atoms with Gasteiger partial charge in [0.2, 0.25) is 0 Å². The van der Waals surface area contributed by atoms with E-state index in [2.05, 4.69) is 15.6 Å². The second kappa shape index (κ2) is 9.08. The molecule has 5 rings (SSSR count). The zero-order valence-corrected chi connectivity index (χ0v) is 18.5. The Kier molecular flexibility index (Phi) is 5.82. The van der Waals surface area contributed by atoms with Gasteiger partial charge < -0.3 is 15.4 Å². The third-order valence-electron chi connectivity index (χ3n) is 6.05. The highest BCUT2D eigenvalue weighted by Gasteiger charge is 2.21. The number of halogens is 2. The summed E-state index contributed by atoms with van der Waals surface area (Å²) in [6, 6.07) is 10.8. The number of nitriles is 1. The molecular weight excluding hydrogens is 438 g/mol. The molecule has 34 heavy (non-hydrogen) atoms. The average molecular weight is 460 g/mol. The van der Waals surface area contributed by atoms with Crippen molar-refractivity contribution in [2.45, 2.75) is 6.42 Å². The van der Waals surface area contributed by atoms with E-state index in [0.717, 1.165) is 26.1 Å². The van der Waals surface area contributed by atoms with Crippen LogP contribution in [0.2, 0.25) is 0 Å². The van der Waals surface area contributed by atoms with Gasteiger partial charge in [-0.1, -0.05) is 6.07 Å². The summed E-state index contributed by atoms with van der Waals surface area (Å²) in [5.41, 5.74) is 2.53. The van der Waals surface area contributed by atoms with Crippen LogP contribution in [0.5, 0.6) is 5.75 Å². The lowest BCUT2D eigenvalue weighted by atomic mass is 10.0. The number of anilines is 1. The number of nitrogens with one attached hydrogen (secondary N) is 2. The van der Waals surface area contributed by atoms with E-state index in [-0.39, 0.29) is 11.3 Å². The number of ether oxygens (including phenoxy) is 1. The Morgan fingerprint density at radius 3 is 2.74 bits per heavy atom. The molecule has 7 nitrogen and oxygen atoms in total. The molecule has 172 valence electrons. The molecule has 0 radical (unpaired) electrons. The summed E-state index contributed by atoms with van der Waals surface area (Å²) in [4.78, 5) is 9.27. The molecule has 0 bridgehead atoms. The van der Waals surface area contributed by atoms with Crippen LogP contribution in [0.25, 0.3) is 28.2 Å². The van der Waals surface area contributed by atoms with Crippen molar-refractivity contribution in [1.82, 2.24) is 19.7 Å². The minimum absolute atomic E-state index is 0.0567. The Labute approximate surface area is 195 Å². The second-order valence-corrected chi connectivity index (χ2v) is 8.17. The Morgan fingerprint density at radius 1 is 1.21 bits per heavy atom. The van der Waals surface area contributed by atoms with Gasteiger partial charge in [0, 0.05) is 30.1 Å². The Hall–Kier alpha value is -4.03. The van der Waals surface area contributed by atoms with E-state index in [1.807, 2.05) is 10.5 Å². The first-order valence-electron chi connectivity index (χ1n) is 10.9. The smallest absolute Gasteiger partial charge is 0.181 e. The minimum atomic E-state index is -0.644. The first-order chi connectivity index (χ1) is 16.6. The van der Waals surface area contributed by atoms with Crippen LogP contribution in [0.1, 0.15) is 12.0 Å². The number of methoxy groups -OCH3 is 1. The number of fused-ring (bicyclic) bond motifs is 1. The molecule has 0 amide bonds.